The van der Waals surface area contributed by atoms with Crippen LogP contribution in [0, 0.1) is 0 Å². The van der Waals surface area contributed by atoms with E-state index in [-0.39, 0.29) is 6.04 Å². The van der Waals surface area contributed by atoms with Gasteiger partial charge in [-0.05, 0) is 54.2 Å². The highest BCUT2D eigenvalue weighted by Crippen LogP contribution is 2.26. The summed E-state index contributed by atoms with van der Waals surface area (Å²) >= 11 is 0. The van der Waals surface area contributed by atoms with Crippen LogP contribution < -0.4 is 10.5 Å². The van der Waals surface area contributed by atoms with E-state index in [2.05, 4.69) is 32.9 Å². The van der Waals surface area contributed by atoms with E-state index in [1.54, 1.807) is 0 Å². The Kier molecular flexibility index (Phi) is 5.40. The first-order valence-electron chi connectivity index (χ1n) is 7.77. The molecule has 0 fully saturated rings. The van der Waals surface area contributed by atoms with Gasteiger partial charge in [0.15, 0.2) is 0 Å². The molecule has 2 rings (SSSR count). The molecule has 2 atom stereocenters. The molecule has 0 aliphatic carbocycles. The van der Waals surface area contributed by atoms with Gasteiger partial charge in [0.25, 0.3) is 0 Å². The largest absolute Gasteiger partial charge is 0.457 e. The van der Waals surface area contributed by atoms with E-state index in [1.807, 2.05) is 36.4 Å². The molecule has 21 heavy (non-hydrogen) atoms. The summed E-state index contributed by atoms with van der Waals surface area (Å²) in [4.78, 5) is 0. The Morgan fingerprint density at radius 3 is 1.71 bits per heavy atom. The Balaban J connectivity index is 2.04. The summed E-state index contributed by atoms with van der Waals surface area (Å²) in [7, 11) is 0. The average Bonchev–Trinajstić information content (AvgIpc) is 2.55. The Morgan fingerprint density at radius 2 is 1.29 bits per heavy atom. The maximum Gasteiger partial charge on any atom is 0.127 e. The zero-order valence-electron chi connectivity index (χ0n) is 13.2. The summed E-state index contributed by atoms with van der Waals surface area (Å²) in [6, 6.07) is 16.5. The van der Waals surface area contributed by atoms with Crippen LogP contribution in [-0.2, 0) is 0 Å². The average molecular weight is 283 g/mol. The molecule has 112 valence electrons. The molecule has 2 heteroatoms. The molecule has 0 saturated heterocycles. The van der Waals surface area contributed by atoms with Crippen molar-refractivity contribution in [3.05, 3.63) is 59.7 Å². The van der Waals surface area contributed by atoms with Gasteiger partial charge in [-0.25, -0.2) is 0 Å². The van der Waals surface area contributed by atoms with Crippen LogP contribution in [-0.4, -0.2) is 0 Å². The lowest BCUT2D eigenvalue weighted by Crippen LogP contribution is -2.07. The van der Waals surface area contributed by atoms with E-state index < -0.39 is 0 Å². The SMILES string of the molecule is CCC(C)c1ccc(Oc2ccc(C(N)CC)cc2)cc1. The van der Waals surface area contributed by atoms with E-state index in [9.17, 15) is 0 Å². The maximum absolute atomic E-state index is 6.01. The highest BCUT2D eigenvalue weighted by molar-refractivity contribution is 5.35. The topological polar surface area (TPSA) is 35.2 Å². The van der Waals surface area contributed by atoms with Crippen molar-refractivity contribution in [2.75, 3.05) is 0 Å². The standard InChI is InChI=1S/C19H25NO/c1-4-14(3)15-6-10-17(11-7-15)21-18-12-8-16(9-13-18)19(20)5-2/h6-14,19H,4-5,20H2,1-3H3. The molecule has 2 aromatic rings. The zero-order valence-corrected chi connectivity index (χ0v) is 13.2. The minimum atomic E-state index is 0.105. The molecule has 0 bridgehead atoms. The molecule has 0 aliphatic rings. The number of hydrogen-bond donors (Lipinski definition) is 1. The normalized spacial score (nSPS) is 13.7. The van der Waals surface area contributed by atoms with Crippen molar-refractivity contribution >= 4 is 0 Å². The third kappa shape index (κ3) is 4.08. The van der Waals surface area contributed by atoms with Gasteiger partial charge in [0.2, 0.25) is 0 Å². The van der Waals surface area contributed by atoms with Gasteiger partial charge in [-0.1, -0.05) is 45.0 Å². The number of nitrogens with two attached hydrogens (primary N) is 1. The zero-order chi connectivity index (χ0) is 15.2. The fourth-order valence-electron chi connectivity index (χ4n) is 2.25. The van der Waals surface area contributed by atoms with E-state index in [0.717, 1.165) is 29.9 Å². The lowest BCUT2D eigenvalue weighted by atomic mass is 9.99. The van der Waals surface area contributed by atoms with Gasteiger partial charge >= 0.3 is 0 Å². The van der Waals surface area contributed by atoms with Crippen molar-refractivity contribution in [3.8, 4) is 11.5 Å². The molecule has 2 aromatic carbocycles. The van der Waals surface area contributed by atoms with Crippen LogP contribution in [0.15, 0.2) is 48.5 Å². The smallest absolute Gasteiger partial charge is 0.127 e. The highest BCUT2D eigenvalue weighted by atomic mass is 16.5. The fourth-order valence-corrected chi connectivity index (χ4v) is 2.25. The van der Waals surface area contributed by atoms with Crippen LogP contribution in [0.25, 0.3) is 0 Å². The summed E-state index contributed by atoms with van der Waals surface area (Å²) < 4.78 is 5.87. The number of hydrogen-bond acceptors (Lipinski definition) is 2. The monoisotopic (exact) mass is 283 g/mol. The fraction of sp³-hybridized carbons (Fsp3) is 0.368. The van der Waals surface area contributed by atoms with Gasteiger partial charge in [0.05, 0.1) is 0 Å². The second kappa shape index (κ2) is 7.28. The first kappa shape index (κ1) is 15.6. The first-order valence-corrected chi connectivity index (χ1v) is 7.77. The lowest BCUT2D eigenvalue weighted by Gasteiger charge is -2.12. The van der Waals surface area contributed by atoms with Crippen LogP contribution in [0.3, 0.4) is 0 Å². The van der Waals surface area contributed by atoms with Gasteiger partial charge in [-0.3, -0.25) is 0 Å². The van der Waals surface area contributed by atoms with Crippen LogP contribution in [0.5, 0.6) is 11.5 Å². The predicted octanol–water partition coefficient (Wildman–Crippen LogP) is 5.40. The van der Waals surface area contributed by atoms with E-state index in [4.69, 9.17) is 10.5 Å². The highest BCUT2D eigenvalue weighted by Gasteiger charge is 2.05. The van der Waals surface area contributed by atoms with Crippen molar-refractivity contribution in [1.29, 1.82) is 0 Å². The number of benzene rings is 2. The lowest BCUT2D eigenvalue weighted by molar-refractivity contribution is 0.481. The summed E-state index contributed by atoms with van der Waals surface area (Å²) in [6.07, 6.45) is 2.09. The summed E-state index contributed by atoms with van der Waals surface area (Å²) in [6.45, 7) is 6.54. The molecular formula is C19H25NO. The van der Waals surface area contributed by atoms with Gasteiger partial charge < -0.3 is 10.5 Å². The summed E-state index contributed by atoms with van der Waals surface area (Å²) in [5, 5.41) is 0. The molecule has 0 saturated carbocycles. The van der Waals surface area contributed by atoms with Crippen molar-refractivity contribution < 1.29 is 4.74 Å². The molecule has 0 aromatic heterocycles. The Morgan fingerprint density at radius 1 is 0.810 bits per heavy atom. The van der Waals surface area contributed by atoms with Gasteiger partial charge in [-0.15, -0.1) is 0 Å². The Hall–Kier alpha value is -1.80. The molecule has 2 nitrogen and oxygen atoms in total. The first-order chi connectivity index (χ1) is 10.1. The third-order valence-corrected chi connectivity index (χ3v) is 4.05. The summed E-state index contributed by atoms with van der Waals surface area (Å²) in [5.41, 5.74) is 8.52. The number of rotatable bonds is 6. The molecule has 0 spiro atoms. The summed E-state index contributed by atoms with van der Waals surface area (Å²) in [5.74, 6) is 2.31. The third-order valence-electron chi connectivity index (χ3n) is 4.05. The van der Waals surface area contributed by atoms with Gasteiger partial charge in [0.1, 0.15) is 11.5 Å². The molecule has 0 aliphatic heterocycles. The van der Waals surface area contributed by atoms with Crippen molar-refractivity contribution in [2.45, 2.75) is 45.6 Å². The van der Waals surface area contributed by atoms with Gasteiger partial charge in [-0.2, -0.15) is 0 Å². The maximum atomic E-state index is 6.01. The predicted molar refractivity (Wildman–Crippen MR) is 88.9 cm³/mol. The van der Waals surface area contributed by atoms with Crippen molar-refractivity contribution in [2.24, 2.45) is 5.73 Å². The van der Waals surface area contributed by atoms with Crippen molar-refractivity contribution in [1.82, 2.24) is 0 Å². The van der Waals surface area contributed by atoms with Gasteiger partial charge in [0, 0.05) is 6.04 Å². The second-order valence-corrected chi connectivity index (χ2v) is 5.56. The number of ether oxygens (including phenoxy) is 1. The Labute approximate surface area is 127 Å². The molecular weight excluding hydrogens is 258 g/mol. The quantitative estimate of drug-likeness (QED) is 0.770. The van der Waals surface area contributed by atoms with E-state index in [0.29, 0.717) is 5.92 Å². The van der Waals surface area contributed by atoms with E-state index in [1.165, 1.54) is 5.56 Å². The van der Waals surface area contributed by atoms with Crippen LogP contribution in [0.4, 0.5) is 0 Å². The molecule has 2 unspecified atom stereocenters. The minimum absolute atomic E-state index is 0.105. The van der Waals surface area contributed by atoms with Crippen LogP contribution in [0.1, 0.15) is 56.7 Å². The molecule has 2 N–H and O–H groups in total. The van der Waals surface area contributed by atoms with Crippen molar-refractivity contribution in [3.63, 3.8) is 0 Å². The van der Waals surface area contributed by atoms with E-state index >= 15 is 0 Å². The molecule has 0 heterocycles. The van der Waals surface area contributed by atoms with Crippen LogP contribution >= 0.6 is 0 Å². The molecule has 0 amide bonds. The Bertz CT molecular complexity index is 493. The molecule has 0 radical (unpaired) electrons. The van der Waals surface area contributed by atoms with Crippen LogP contribution in [0.2, 0.25) is 0 Å². The minimum Gasteiger partial charge on any atom is -0.457 e. The second-order valence-electron chi connectivity index (χ2n) is 5.56.